The number of hydrogen-bond acceptors (Lipinski definition) is 7. The van der Waals surface area contributed by atoms with Crippen molar-refractivity contribution in [3.8, 4) is 11.4 Å². The number of nitrogens with zero attached hydrogens (tertiary/aromatic N) is 2. The third kappa shape index (κ3) is 5.75. The van der Waals surface area contributed by atoms with Crippen molar-refractivity contribution in [3.63, 3.8) is 0 Å². The summed E-state index contributed by atoms with van der Waals surface area (Å²) in [6.07, 6.45) is -2.92. The van der Waals surface area contributed by atoms with Crippen molar-refractivity contribution in [1.82, 2.24) is 9.55 Å². The van der Waals surface area contributed by atoms with E-state index in [1.165, 1.54) is 6.07 Å². The number of esters is 1. The Morgan fingerprint density at radius 2 is 1.67 bits per heavy atom. The Morgan fingerprint density at radius 1 is 1.10 bits per heavy atom. The third-order valence-electron chi connectivity index (χ3n) is 7.27. The van der Waals surface area contributed by atoms with Crippen LogP contribution in [0.2, 0.25) is 0 Å². The fourth-order valence-electron chi connectivity index (χ4n) is 5.06. The SMILES string of the molecule is CC.CC(C)(N)C(F)(F)F.Cc1c(F)cc2nc3c(c4c2c1CCC4)Cn1c-3cc2c(c1=O)COC(=O)C2O.NC=O. The molecule has 6 rings (SSSR count). The van der Waals surface area contributed by atoms with Gasteiger partial charge in [0.25, 0.3) is 5.56 Å². The molecule has 1 aliphatic carbocycles. The predicted octanol–water partition coefficient (Wildman–Crippen LogP) is 3.87. The summed E-state index contributed by atoms with van der Waals surface area (Å²) in [6.45, 7) is 7.89. The number of carbonyl (C=O) groups excluding carboxylic acids is 2. The number of ether oxygens (including phenoxy) is 1. The van der Waals surface area contributed by atoms with Gasteiger partial charge in [0.1, 0.15) is 18.0 Å². The van der Waals surface area contributed by atoms with Crippen molar-refractivity contribution < 1.29 is 37.0 Å². The molecule has 0 saturated carbocycles. The first-order chi connectivity index (χ1) is 19.6. The normalized spacial score (nSPS) is 16.3. The Kier molecular flexibility index (Phi) is 9.47. The van der Waals surface area contributed by atoms with Crippen LogP contribution in [-0.4, -0.2) is 38.8 Å². The molecule has 5 N–H and O–H groups in total. The number of nitrogens with two attached hydrogens (primary N) is 2. The fourth-order valence-corrected chi connectivity index (χ4v) is 5.06. The van der Waals surface area contributed by atoms with Crippen LogP contribution in [0.5, 0.6) is 0 Å². The van der Waals surface area contributed by atoms with Gasteiger partial charge in [-0.2, -0.15) is 13.2 Å². The number of primary amides is 1. The molecule has 2 aromatic heterocycles. The molecular weight excluding hydrogens is 560 g/mol. The molecule has 1 amide bonds. The summed E-state index contributed by atoms with van der Waals surface area (Å²) in [5, 5.41) is 11.2. The molecule has 4 heterocycles. The number of hydrogen-bond donors (Lipinski definition) is 3. The van der Waals surface area contributed by atoms with E-state index in [1.54, 1.807) is 17.6 Å². The Labute approximate surface area is 239 Å². The molecule has 42 heavy (non-hydrogen) atoms. The maximum absolute atomic E-state index is 14.5. The molecule has 1 unspecified atom stereocenters. The van der Waals surface area contributed by atoms with Gasteiger partial charge in [-0.15, -0.1) is 0 Å². The lowest BCUT2D eigenvalue weighted by molar-refractivity contribution is -0.175. The maximum Gasteiger partial charge on any atom is 0.405 e. The van der Waals surface area contributed by atoms with Crippen LogP contribution in [0.3, 0.4) is 0 Å². The van der Waals surface area contributed by atoms with Crippen molar-refractivity contribution in [2.45, 2.75) is 84.9 Å². The van der Waals surface area contributed by atoms with E-state index in [1.807, 2.05) is 13.8 Å². The Hall–Kier alpha value is -3.84. The fraction of sp³-hybridized carbons (Fsp3) is 0.448. The lowest BCUT2D eigenvalue weighted by atomic mass is 9.85. The second-order valence-corrected chi connectivity index (χ2v) is 10.3. The van der Waals surface area contributed by atoms with Crippen molar-refractivity contribution in [3.05, 3.63) is 61.7 Å². The van der Waals surface area contributed by atoms with E-state index in [0.717, 1.165) is 55.2 Å². The highest BCUT2D eigenvalue weighted by Crippen LogP contribution is 2.42. The molecule has 228 valence electrons. The van der Waals surface area contributed by atoms with Crippen LogP contribution >= 0.6 is 0 Å². The molecule has 2 aliphatic heterocycles. The lowest BCUT2D eigenvalue weighted by Gasteiger charge is -2.22. The number of cyclic esters (lactones) is 1. The number of aliphatic hydroxyl groups is 1. The molecule has 3 aliphatic rings. The van der Waals surface area contributed by atoms with E-state index in [0.29, 0.717) is 34.6 Å². The standard InChI is InChI=1S/C22H17FN2O4.C4H8F3N.C2H6.CH3NO/c1-9-10-3-2-4-11-13-7-25-17(19(13)24-16(18(10)11)6-15(9)23)5-12-14(21(25)27)8-29-22(28)20(12)26;1-3(2,8)4(5,6)7;1-2;2-1-3/h5-6,20,26H,2-4,7-8H2,1H3;8H2,1-2H3;1-2H3;1H,(H2,2,3). The molecule has 0 radical (unpaired) electrons. The van der Waals surface area contributed by atoms with Gasteiger partial charge in [-0.1, -0.05) is 13.8 Å². The highest BCUT2D eigenvalue weighted by molar-refractivity contribution is 5.92. The van der Waals surface area contributed by atoms with Gasteiger partial charge in [0.2, 0.25) is 6.41 Å². The van der Waals surface area contributed by atoms with E-state index < -0.39 is 23.8 Å². The summed E-state index contributed by atoms with van der Waals surface area (Å²) in [7, 11) is 0. The second kappa shape index (κ2) is 12.2. The number of aromatic nitrogens is 2. The number of aliphatic hydroxyl groups excluding tert-OH is 1. The summed E-state index contributed by atoms with van der Waals surface area (Å²) in [4.78, 5) is 38.2. The number of halogens is 4. The van der Waals surface area contributed by atoms with Crippen LogP contribution in [0.15, 0.2) is 16.9 Å². The van der Waals surface area contributed by atoms with Crippen LogP contribution in [0.4, 0.5) is 17.6 Å². The van der Waals surface area contributed by atoms with Gasteiger partial charge >= 0.3 is 12.1 Å². The van der Waals surface area contributed by atoms with Gasteiger partial charge in [0.15, 0.2) is 6.10 Å². The van der Waals surface area contributed by atoms with Crippen LogP contribution in [0.1, 0.15) is 73.6 Å². The number of pyridine rings is 2. The summed E-state index contributed by atoms with van der Waals surface area (Å²) in [5.41, 5.74) is 12.7. The number of benzene rings is 1. The smallest absolute Gasteiger partial charge is 0.405 e. The van der Waals surface area contributed by atoms with Crippen molar-refractivity contribution >= 4 is 23.3 Å². The van der Waals surface area contributed by atoms with E-state index in [2.05, 4.69) is 11.5 Å². The molecule has 1 atom stereocenters. The van der Waals surface area contributed by atoms with Gasteiger partial charge in [0.05, 0.1) is 29.0 Å². The zero-order chi connectivity index (χ0) is 31.7. The molecule has 1 aromatic carbocycles. The number of carbonyl (C=O) groups is 2. The van der Waals surface area contributed by atoms with Crippen LogP contribution in [-0.2, 0) is 40.3 Å². The van der Waals surface area contributed by atoms with Gasteiger partial charge < -0.3 is 25.9 Å². The molecule has 0 bridgehead atoms. The Balaban J connectivity index is 0.000000319. The van der Waals surface area contributed by atoms with E-state index >= 15 is 0 Å². The average Bonchev–Trinajstić information content (AvgIpc) is 3.29. The number of amides is 1. The number of fused-ring (bicyclic) bond motifs is 5. The molecule has 3 aromatic rings. The quantitative estimate of drug-likeness (QED) is 0.159. The summed E-state index contributed by atoms with van der Waals surface area (Å²) < 4.78 is 55.4. The van der Waals surface area contributed by atoms with E-state index in [-0.39, 0.29) is 30.0 Å². The van der Waals surface area contributed by atoms with Gasteiger partial charge in [0, 0.05) is 22.6 Å². The first kappa shape index (κ1) is 32.7. The maximum atomic E-state index is 14.5. The third-order valence-corrected chi connectivity index (χ3v) is 7.27. The summed E-state index contributed by atoms with van der Waals surface area (Å²) in [6, 6.07) is 3.13. The minimum absolute atomic E-state index is 0.141. The zero-order valence-corrected chi connectivity index (χ0v) is 24.0. The predicted molar refractivity (Wildman–Crippen MR) is 148 cm³/mol. The minimum atomic E-state index is -4.28. The molecular formula is C29H34F4N4O5. The van der Waals surface area contributed by atoms with Crippen molar-refractivity contribution in [2.75, 3.05) is 0 Å². The zero-order valence-electron chi connectivity index (χ0n) is 24.0. The summed E-state index contributed by atoms with van der Waals surface area (Å²) in [5.74, 6) is -1.03. The van der Waals surface area contributed by atoms with Crippen LogP contribution in [0, 0.1) is 12.7 Å². The number of alkyl halides is 3. The largest absolute Gasteiger partial charge is 0.458 e. The highest BCUT2D eigenvalue weighted by atomic mass is 19.4. The van der Waals surface area contributed by atoms with E-state index in [4.69, 9.17) is 14.5 Å². The average molecular weight is 595 g/mol. The molecule has 0 fully saturated rings. The topological polar surface area (TPSA) is 151 Å². The highest BCUT2D eigenvalue weighted by Gasteiger charge is 2.43. The van der Waals surface area contributed by atoms with Crippen molar-refractivity contribution in [2.24, 2.45) is 11.5 Å². The molecule has 9 nitrogen and oxygen atoms in total. The van der Waals surface area contributed by atoms with Crippen LogP contribution in [0.25, 0.3) is 22.3 Å². The molecule has 0 spiro atoms. The van der Waals surface area contributed by atoms with Gasteiger partial charge in [-0.3, -0.25) is 9.59 Å². The number of rotatable bonds is 0. The van der Waals surface area contributed by atoms with E-state index in [9.17, 15) is 32.3 Å². The van der Waals surface area contributed by atoms with Gasteiger partial charge in [-0.05, 0) is 62.8 Å². The summed E-state index contributed by atoms with van der Waals surface area (Å²) >= 11 is 0. The monoisotopic (exact) mass is 594 g/mol. The molecule has 0 saturated heterocycles. The molecule has 13 heteroatoms. The lowest BCUT2D eigenvalue weighted by Crippen LogP contribution is -2.47. The second-order valence-electron chi connectivity index (χ2n) is 10.3. The Morgan fingerprint density at radius 3 is 2.24 bits per heavy atom. The Bertz CT molecular complexity index is 1580. The van der Waals surface area contributed by atoms with Gasteiger partial charge in [-0.25, -0.2) is 14.2 Å². The van der Waals surface area contributed by atoms with Crippen molar-refractivity contribution in [1.29, 1.82) is 0 Å². The first-order valence-corrected chi connectivity index (χ1v) is 13.4. The first-order valence-electron chi connectivity index (χ1n) is 13.4. The number of aryl methyl sites for hydroxylation is 2. The minimum Gasteiger partial charge on any atom is -0.458 e. The van der Waals surface area contributed by atoms with Crippen LogP contribution < -0.4 is 17.0 Å².